The molecule has 10 heteroatoms. The SMILES string of the molecule is CC(C)(C)OC(=O)CN(CCOP(=O)(OC(C)(C)C)OC(C)(C)C)C(=O)Cl. The van der Waals surface area contributed by atoms with Crippen LogP contribution in [-0.4, -0.2) is 52.7 Å². The molecule has 0 bridgehead atoms. The molecule has 160 valence electrons. The van der Waals surface area contributed by atoms with Crippen LogP contribution in [0.3, 0.4) is 0 Å². The van der Waals surface area contributed by atoms with E-state index in [4.69, 9.17) is 29.9 Å². The van der Waals surface area contributed by atoms with Crippen LogP contribution in [0.2, 0.25) is 0 Å². The smallest absolute Gasteiger partial charge is 0.459 e. The van der Waals surface area contributed by atoms with Gasteiger partial charge >= 0.3 is 19.2 Å². The summed E-state index contributed by atoms with van der Waals surface area (Å²) in [4.78, 5) is 24.5. The lowest BCUT2D eigenvalue weighted by Crippen LogP contribution is -2.38. The minimum absolute atomic E-state index is 0.0907. The standard InChI is InChI=1S/C17H33ClNO7P/c1-15(2,3)24-13(20)12-19(14(18)21)10-11-23-27(22,25-16(4,5)6)26-17(7,8)9/h10-12H2,1-9H3. The van der Waals surface area contributed by atoms with E-state index in [0.29, 0.717) is 0 Å². The normalized spacial score (nSPS) is 13.4. The highest BCUT2D eigenvalue weighted by Gasteiger charge is 2.37. The van der Waals surface area contributed by atoms with Crippen LogP contribution in [0.1, 0.15) is 62.3 Å². The first-order valence-electron chi connectivity index (χ1n) is 8.64. The summed E-state index contributed by atoms with van der Waals surface area (Å²) in [6.45, 7) is 14.8. The molecule has 0 aromatic heterocycles. The maximum atomic E-state index is 12.9. The topological polar surface area (TPSA) is 91.4 Å². The van der Waals surface area contributed by atoms with E-state index in [-0.39, 0.29) is 19.7 Å². The molecule has 0 N–H and O–H groups in total. The van der Waals surface area contributed by atoms with Crippen LogP contribution in [-0.2, 0) is 27.7 Å². The first kappa shape index (κ1) is 26.3. The van der Waals surface area contributed by atoms with Crippen LogP contribution < -0.4 is 0 Å². The third-order valence-corrected chi connectivity index (χ3v) is 4.65. The summed E-state index contributed by atoms with van der Waals surface area (Å²) in [5.41, 5.74) is -2.25. The van der Waals surface area contributed by atoms with E-state index >= 15 is 0 Å². The summed E-state index contributed by atoms with van der Waals surface area (Å²) < 4.78 is 34.4. The number of nitrogens with zero attached hydrogens (tertiary/aromatic N) is 1. The van der Waals surface area contributed by atoms with Gasteiger partial charge in [-0.3, -0.25) is 23.2 Å². The molecule has 27 heavy (non-hydrogen) atoms. The number of hydrogen-bond donors (Lipinski definition) is 0. The van der Waals surface area contributed by atoms with Crippen LogP contribution in [0.25, 0.3) is 0 Å². The molecular weight excluding hydrogens is 397 g/mol. The Labute approximate surface area is 167 Å². The van der Waals surface area contributed by atoms with Crippen molar-refractivity contribution in [3.63, 3.8) is 0 Å². The van der Waals surface area contributed by atoms with Crippen molar-refractivity contribution in [2.75, 3.05) is 19.7 Å². The van der Waals surface area contributed by atoms with E-state index in [1.807, 2.05) is 0 Å². The van der Waals surface area contributed by atoms with Gasteiger partial charge in [-0.05, 0) is 73.9 Å². The Hall–Kier alpha value is -0.660. The van der Waals surface area contributed by atoms with Gasteiger partial charge in [0.05, 0.1) is 17.8 Å². The highest BCUT2D eigenvalue weighted by atomic mass is 35.5. The lowest BCUT2D eigenvalue weighted by Gasteiger charge is -2.31. The zero-order valence-corrected chi connectivity index (χ0v) is 19.4. The van der Waals surface area contributed by atoms with E-state index in [1.165, 1.54) is 0 Å². The minimum atomic E-state index is -3.91. The highest BCUT2D eigenvalue weighted by Crippen LogP contribution is 2.55. The van der Waals surface area contributed by atoms with Gasteiger partial charge in [-0.25, -0.2) is 4.57 Å². The second-order valence-corrected chi connectivity index (χ2v) is 10.8. The van der Waals surface area contributed by atoms with Gasteiger partial charge in [-0.15, -0.1) is 0 Å². The molecule has 0 fully saturated rings. The van der Waals surface area contributed by atoms with Gasteiger partial charge in [0, 0.05) is 6.54 Å². The Morgan fingerprint density at radius 1 is 0.889 bits per heavy atom. The second kappa shape index (κ2) is 9.70. The summed E-state index contributed by atoms with van der Waals surface area (Å²) >= 11 is 5.51. The predicted octanol–water partition coefficient (Wildman–Crippen LogP) is 4.74. The zero-order valence-electron chi connectivity index (χ0n) is 17.8. The van der Waals surface area contributed by atoms with Crippen LogP contribution in [0, 0.1) is 0 Å². The largest absolute Gasteiger partial charge is 0.475 e. The number of rotatable bonds is 8. The van der Waals surface area contributed by atoms with Crippen molar-refractivity contribution in [1.82, 2.24) is 4.90 Å². The molecule has 0 heterocycles. The average Bonchev–Trinajstić information content (AvgIpc) is 2.29. The molecule has 0 atom stereocenters. The van der Waals surface area contributed by atoms with Gasteiger partial charge in [0.1, 0.15) is 12.1 Å². The van der Waals surface area contributed by atoms with Crippen molar-refractivity contribution in [2.24, 2.45) is 0 Å². The highest BCUT2D eigenvalue weighted by molar-refractivity contribution is 7.48. The van der Waals surface area contributed by atoms with Crippen LogP contribution in [0.4, 0.5) is 4.79 Å². The molecular formula is C17H33ClNO7P. The number of amides is 1. The fourth-order valence-corrected chi connectivity index (χ4v) is 3.70. The fourth-order valence-electron chi connectivity index (χ4n) is 1.76. The predicted molar refractivity (Wildman–Crippen MR) is 104 cm³/mol. The Balaban J connectivity index is 4.96. The number of halogens is 1. The van der Waals surface area contributed by atoms with Gasteiger partial charge in [-0.2, -0.15) is 0 Å². The van der Waals surface area contributed by atoms with Crippen LogP contribution in [0.5, 0.6) is 0 Å². The molecule has 0 aliphatic heterocycles. The Kier molecular flexibility index (Phi) is 9.46. The molecule has 0 radical (unpaired) electrons. The van der Waals surface area contributed by atoms with Crippen molar-refractivity contribution in [3.05, 3.63) is 0 Å². The molecule has 0 aromatic rings. The number of esters is 1. The summed E-state index contributed by atoms with van der Waals surface area (Å²) in [7, 11) is -3.91. The van der Waals surface area contributed by atoms with Gasteiger partial charge in [0.25, 0.3) is 0 Å². The number of phosphoric ester groups is 1. The molecule has 8 nitrogen and oxygen atoms in total. The quantitative estimate of drug-likeness (QED) is 0.238. The second-order valence-electron chi connectivity index (χ2n) is 8.95. The monoisotopic (exact) mass is 429 g/mol. The lowest BCUT2D eigenvalue weighted by molar-refractivity contribution is -0.155. The van der Waals surface area contributed by atoms with Crippen molar-refractivity contribution in [3.8, 4) is 0 Å². The molecule has 1 amide bonds. The van der Waals surface area contributed by atoms with Gasteiger partial charge in [-0.1, -0.05) is 0 Å². The number of phosphoric acid groups is 1. The summed E-state index contributed by atoms with van der Waals surface area (Å²) in [5.74, 6) is -0.614. The molecule has 0 saturated heterocycles. The van der Waals surface area contributed by atoms with E-state index in [9.17, 15) is 14.2 Å². The molecule has 0 aliphatic rings. The van der Waals surface area contributed by atoms with Crippen molar-refractivity contribution in [2.45, 2.75) is 79.1 Å². The third-order valence-electron chi connectivity index (χ3n) is 2.37. The minimum Gasteiger partial charge on any atom is -0.459 e. The van der Waals surface area contributed by atoms with Crippen molar-refractivity contribution >= 4 is 30.8 Å². The third kappa shape index (κ3) is 14.1. The van der Waals surface area contributed by atoms with Gasteiger partial charge < -0.3 is 9.64 Å². The Morgan fingerprint density at radius 3 is 1.67 bits per heavy atom. The summed E-state index contributed by atoms with van der Waals surface area (Å²) in [6.07, 6.45) is 0. The Bertz CT molecular complexity index is 541. The van der Waals surface area contributed by atoms with Gasteiger partial charge in [0.2, 0.25) is 0 Å². The van der Waals surface area contributed by atoms with Crippen molar-refractivity contribution in [1.29, 1.82) is 0 Å². The fraction of sp³-hybridized carbons (Fsp3) is 0.882. The van der Waals surface area contributed by atoms with E-state index in [0.717, 1.165) is 4.90 Å². The molecule has 0 unspecified atom stereocenters. The number of ether oxygens (including phenoxy) is 1. The van der Waals surface area contributed by atoms with Crippen LogP contribution in [0.15, 0.2) is 0 Å². The molecule has 0 rings (SSSR count). The lowest BCUT2D eigenvalue weighted by atomic mass is 10.2. The van der Waals surface area contributed by atoms with Crippen LogP contribution >= 0.6 is 19.4 Å². The first-order chi connectivity index (χ1) is 11.8. The van der Waals surface area contributed by atoms with Crippen molar-refractivity contribution < 1.29 is 32.5 Å². The Morgan fingerprint density at radius 2 is 1.33 bits per heavy atom. The number of carbonyl (C=O) groups excluding carboxylic acids is 2. The van der Waals surface area contributed by atoms with E-state index in [2.05, 4.69) is 0 Å². The molecule has 0 aliphatic carbocycles. The summed E-state index contributed by atoms with van der Waals surface area (Å²) in [5, 5.41) is -0.854. The van der Waals surface area contributed by atoms with E-state index in [1.54, 1.807) is 62.3 Å². The molecule has 0 spiro atoms. The maximum Gasteiger partial charge on any atom is 0.475 e. The van der Waals surface area contributed by atoms with E-state index < -0.39 is 36.0 Å². The molecule has 0 saturated carbocycles. The zero-order chi connectivity index (χ0) is 21.7. The van der Waals surface area contributed by atoms with Gasteiger partial charge in [0.15, 0.2) is 0 Å². The number of hydrogen-bond acceptors (Lipinski definition) is 7. The summed E-state index contributed by atoms with van der Waals surface area (Å²) in [6, 6.07) is 0. The number of carbonyl (C=O) groups is 2. The maximum absolute atomic E-state index is 12.9. The molecule has 0 aromatic carbocycles. The average molecular weight is 430 g/mol. The first-order valence-corrected chi connectivity index (χ1v) is 10.5.